The van der Waals surface area contributed by atoms with Crippen LogP contribution >= 0.6 is 0 Å². The number of hydrogen-bond acceptors (Lipinski definition) is 2. The molecule has 0 radical (unpaired) electrons. The first kappa shape index (κ1) is 7.45. The molecule has 0 aromatic rings. The van der Waals surface area contributed by atoms with Gasteiger partial charge in [0.25, 0.3) is 0 Å². The Balaban J connectivity index is 3.49. The van der Waals surface area contributed by atoms with E-state index in [9.17, 15) is 0 Å². The molecule has 0 aliphatic carbocycles. The van der Waals surface area contributed by atoms with Crippen molar-refractivity contribution in [1.29, 1.82) is 5.26 Å². The molecule has 0 aliphatic heterocycles. The van der Waals surface area contributed by atoms with Crippen molar-refractivity contribution in [3.63, 3.8) is 0 Å². The minimum Gasteiger partial charge on any atom is -0.316 e. The van der Waals surface area contributed by atoms with E-state index in [1.54, 1.807) is 0 Å². The normalized spacial score (nSPS) is 16.8. The number of nitrogens with zero attached hydrogens (tertiary/aromatic N) is 1. The fourth-order valence-electron chi connectivity index (χ4n) is 0.381. The van der Waals surface area contributed by atoms with Crippen molar-refractivity contribution in [3.05, 3.63) is 0 Å². The zero-order valence-corrected chi connectivity index (χ0v) is 5.39. The van der Waals surface area contributed by atoms with Gasteiger partial charge in [0.15, 0.2) is 0 Å². The van der Waals surface area contributed by atoms with Crippen LogP contribution in [0.1, 0.15) is 20.3 Å². The second-order valence-electron chi connectivity index (χ2n) is 2.04. The summed E-state index contributed by atoms with van der Waals surface area (Å²) in [7, 11) is 0. The van der Waals surface area contributed by atoms with Crippen LogP contribution in [0.5, 0.6) is 0 Å². The van der Waals surface area contributed by atoms with E-state index in [0.717, 1.165) is 6.42 Å². The Bertz CT molecular complexity index is 93.2. The summed E-state index contributed by atoms with van der Waals surface area (Å²) >= 11 is 0. The predicted molar refractivity (Wildman–Crippen MR) is 33.0 cm³/mol. The molecule has 0 amide bonds. The van der Waals surface area contributed by atoms with Gasteiger partial charge >= 0.3 is 0 Å². The van der Waals surface area contributed by atoms with E-state index < -0.39 is 0 Å². The maximum Gasteiger partial charge on any atom is 0.0953 e. The molecule has 46 valence electrons. The van der Waals surface area contributed by atoms with Crippen LogP contribution in [0.3, 0.4) is 0 Å². The highest BCUT2D eigenvalue weighted by atomic mass is 14.6. The monoisotopic (exact) mass is 112 g/mol. The number of rotatable bonds is 2. The fraction of sp³-hybridized carbons (Fsp3) is 0.833. The Morgan fingerprint density at radius 3 is 2.38 bits per heavy atom. The first-order valence-electron chi connectivity index (χ1n) is 2.87. The molecule has 0 fully saturated rings. The standard InChI is InChI=1S/C6H12N2/c1-3-5(2)6(8)4-7/h5-6H,3,8H2,1-2H3. The van der Waals surface area contributed by atoms with Crippen molar-refractivity contribution in [2.45, 2.75) is 26.3 Å². The van der Waals surface area contributed by atoms with Crippen molar-refractivity contribution in [2.24, 2.45) is 11.7 Å². The molecule has 0 rings (SSSR count). The lowest BCUT2D eigenvalue weighted by Gasteiger charge is -2.08. The first-order chi connectivity index (χ1) is 3.72. The molecule has 0 spiro atoms. The molecule has 0 heterocycles. The Kier molecular flexibility index (Phi) is 3.21. The highest BCUT2D eigenvalue weighted by Gasteiger charge is 2.07. The van der Waals surface area contributed by atoms with Gasteiger partial charge in [0.2, 0.25) is 0 Å². The molecule has 0 saturated heterocycles. The van der Waals surface area contributed by atoms with Gasteiger partial charge in [0.1, 0.15) is 0 Å². The first-order valence-corrected chi connectivity index (χ1v) is 2.87. The van der Waals surface area contributed by atoms with Gasteiger partial charge in [0.05, 0.1) is 12.1 Å². The van der Waals surface area contributed by atoms with Gasteiger partial charge in [-0.3, -0.25) is 0 Å². The summed E-state index contributed by atoms with van der Waals surface area (Å²) in [6.45, 7) is 4.01. The lowest BCUT2D eigenvalue weighted by Crippen LogP contribution is -2.25. The van der Waals surface area contributed by atoms with Gasteiger partial charge in [-0.15, -0.1) is 0 Å². The van der Waals surface area contributed by atoms with Crippen LogP contribution in [0, 0.1) is 17.2 Å². The van der Waals surface area contributed by atoms with Crippen LogP contribution < -0.4 is 5.73 Å². The molecule has 2 unspecified atom stereocenters. The Morgan fingerprint density at radius 2 is 2.25 bits per heavy atom. The summed E-state index contributed by atoms with van der Waals surface area (Å²) < 4.78 is 0. The van der Waals surface area contributed by atoms with Gasteiger partial charge in [-0.2, -0.15) is 5.26 Å². The minimum absolute atomic E-state index is 0.278. The SMILES string of the molecule is CCC(C)C(N)C#N. The van der Waals surface area contributed by atoms with E-state index in [1.165, 1.54) is 0 Å². The molecule has 0 aromatic heterocycles. The van der Waals surface area contributed by atoms with Crippen molar-refractivity contribution in [2.75, 3.05) is 0 Å². The molecule has 0 bridgehead atoms. The molecular formula is C6H12N2. The Hall–Kier alpha value is -0.550. The van der Waals surface area contributed by atoms with Crippen LogP contribution in [0.2, 0.25) is 0 Å². The highest BCUT2D eigenvalue weighted by Crippen LogP contribution is 2.02. The summed E-state index contributed by atoms with van der Waals surface area (Å²) in [6.07, 6.45) is 0.981. The smallest absolute Gasteiger partial charge is 0.0953 e. The predicted octanol–water partition coefficient (Wildman–Crippen LogP) is 0.883. The number of nitrogens with two attached hydrogens (primary N) is 1. The molecule has 2 N–H and O–H groups in total. The average molecular weight is 112 g/mol. The minimum atomic E-state index is -0.278. The van der Waals surface area contributed by atoms with Crippen molar-refractivity contribution >= 4 is 0 Å². The van der Waals surface area contributed by atoms with Crippen molar-refractivity contribution < 1.29 is 0 Å². The third-order valence-corrected chi connectivity index (χ3v) is 1.41. The largest absolute Gasteiger partial charge is 0.316 e. The molecule has 0 aromatic carbocycles. The van der Waals surface area contributed by atoms with Crippen LogP contribution in [0.4, 0.5) is 0 Å². The van der Waals surface area contributed by atoms with E-state index in [2.05, 4.69) is 0 Å². The van der Waals surface area contributed by atoms with Gasteiger partial charge in [-0.25, -0.2) is 0 Å². The molecule has 8 heavy (non-hydrogen) atoms. The van der Waals surface area contributed by atoms with E-state index >= 15 is 0 Å². The van der Waals surface area contributed by atoms with Crippen LogP contribution in [0.15, 0.2) is 0 Å². The highest BCUT2D eigenvalue weighted by molar-refractivity contribution is 4.89. The van der Waals surface area contributed by atoms with Crippen molar-refractivity contribution in [3.8, 4) is 6.07 Å². The summed E-state index contributed by atoms with van der Waals surface area (Å²) in [6, 6.07) is 1.72. The van der Waals surface area contributed by atoms with E-state index in [4.69, 9.17) is 11.0 Å². The van der Waals surface area contributed by atoms with Crippen molar-refractivity contribution in [1.82, 2.24) is 0 Å². The van der Waals surface area contributed by atoms with Gasteiger partial charge in [-0.05, 0) is 5.92 Å². The average Bonchev–Trinajstić information content (AvgIpc) is 1.84. The van der Waals surface area contributed by atoms with E-state index in [0.29, 0.717) is 5.92 Å². The second kappa shape index (κ2) is 3.45. The Labute approximate surface area is 50.3 Å². The molecular weight excluding hydrogens is 100 g/mol. The summed E-state index contributed by atoms with van der Waals surface area (Å²) in [5, 5.41) is 8.26. The third kappa shape index (κ3) is 1.94. The second-order valence-corrected chi connectivity index (χ2v) is 2.04. The summed E-state index contributed by atoms with van der Waals surface area (Å²) in [5.41, 5.74) is 5.37. The van der Waals surface area contributed by atoms with E-state index in [1.807, 2.05) is 19.9 Å². The zero-order chi connectivity index (χ0) is 6.57. The number of hydrogen-bond donors (Lipinski definition) is 1. The maximum atomic E-state index is 8.26. The molecule has 2 nitrogen and oxygen atoms in total. The van der Waals surface area contributed by atoms with Crippen LogP contribution in [-0.2, 0) is 0 Å². The lowest BCUT2D eigenvalue weighted by atomic mass is 10.0. The molecule has 2 heteroatoms. The van der Waals surface area contributed by atoms with Gasteiger partial charge < -0.3 is 5.73 Å². The number of nitriles is 1. The topological polar surface area (TPSA) is 49.8 Å². The van der Waals surface area contributed by atoms with Crippen LogP contribution in [0.25, 0.3) is 0 Å². The molecule has 0 aliphatic rings. The van der Waals surface area contributed by atoms with Crippen LogP contribution in [-0.4, -0.2) is 6.04 Å². The fourth-order valence-corrected chi connectivity index (χ4v) is 0.381. The quantitative estimate of drug-likeness (QED) is 0.576. The molecule has 2 atom stereocenters. The zero-order valence-electron chi connectivity index (χ0n) is 5.39. The van der Waals surface area contributed by atoms with Gasteiger partial charge in [-0.1, -0.05) is 20.3 Å². The summed E-state index contributed by atoms with van der Waals surface area (Å²) in [4.78, 5) is 0. The Morgan fingerprint density at radius 1 is 1.75 bits per heavy atom. The third-order valence-electron chi connectivity index (χ3n) is 1.41. The molecule has 0 saturated carbocycles. The van der Waals surface area contributed by atoms with E-state index in [-0.39, 0.29) is 6.04 Å². The maximum absolute atomic E-state index is 8.26. The summed E-state index contributed by atoms with van der Waals surface area (Å²) in [5.74, 6) is 0.333. The lowest BCUT2D eigenvalue weighted by molar-refractivity contribution is 0.510. The van der Waals surface area contributed by atoms with Gasteiger partial charge in [0, 0.05) is 0 Å².